The van der Waals surface area contributed by atoms with Crippen LogP contribution in [0.15, 0.2) is 72.8 Å². The van der Waals surface area contributed by atoms with Gasteiger partial charge in [-0.3, -0.25) is 4.79 Å². The Bertz CT molecular complexity index is 2360. The Kier molecular flexibility index (Phi) is 23.1. The van der Waals surface area contributed by atoms with Gasteiger partial charge in [-0.15, -0.1) is 0 Å². The van der Waals surface area contributed by atoms with Gasteiger partial charge in [-0.25, -0.2) is 0 Å². The Morgan fingerprint density at radius 3 is 1.79 bits per heavy atom. The Morgan fingerprint density at radius 2 is 1.28 bits per heavy atom. The fourth-order valence-corrected chi connectivity index (χ4v) is 18.7. The zero-order chi connectivity index (χ0) is 59.9. The number of cyclic esters (lactones) is 1. The number of aliphatic hydroxyl groups is 5. The zero-order valence-electron chi connectivity index (χ0n) is 50.2. The monoisotopic (exact) mass is 1160 g/mol. The second-order valence-electron chi connectivity index (χ2n) is 25.1. The summed E-state index contributed by atoms with van der Waals surface area (Å²) in [5.74, 6) is -5.15. The molecule has 3 aromatic rings. The molecule has 0 radical (unpaired) electrons. The minimum atomic E-state index is -2.94. The summed E-state index contributed by atoms with van der Waals surface area (Å²) in [7, 11) is 2.30. The number of methoxy groups -OCH3 is 1. The molecule has 18 atom stereocenters. The van der Waals surface area contributed by atoms with Gasteiger partial charge in [0.25, 0.3) is 0 Å². The van der Waals surface area contributed by atoms with Crippen molar-refractivity contribution in [3.8, 4) is 0 Å². The summed E-state index contributed by atoms with van der Waals surface area (Å²) < 4.78 is 75.2. The first-order valence-corrected chi connectivity index (χ1v) is 31.7. The smallest absolute Gasteiger partial charge is 0.383 e. The van der Waals surface area contributed by atoms with Gasteiger partial charge in [-0.2, -0.15) is 0 Å². The molecule has 5 N–H and O–H groups in total. The number of nitrogens with zero attached hydrogens (tertiary/aromatic N) is 2. The number of rotatable bonds is 17. The fraction of sp³-hybridized carbons (Fsp3) is 0.683. The van der Waals surface area contributed by atoms with E-state index >= 15 is 0 Å². The molecule has 81 heavy (non-hydrogen) atoms. The zero-order valence-corrected chi connectivity index (χ0v) is 51.2. The molecule has 456 valence electrons. The van der Waals surface area contributed by atoms with Crippen LogP contribution in [-0.2, 0) is 33.3 Å². The third-order valence-corrected chi connectivity index (χ3v) is 23.6. The van der Waals surface area contributed by atoms with E-state index in [0.717, 1.165) is 35.2 Å². The number of aliphatic hydroxyl groups excluding tert-OH is 3. The average molecular weight is 1160 g/mol. The topological polar surface area (TPSA) is 188 Å². The summed E-state index contributed by atoms with van der Waals surface area (Å²) in [5.41, 5.74) is -4.89. The number of esters is 1. The fourth-order valence-electron chi connectivity index (χ4n) is 13.9. The predicted octanol–water partition coefficient (Wildman–Crippen LogP) is 7.56. The minimum absolute atomic E-state index is 0.0403. The molecule has 3 heterocycles. The third kappa shape index (κ3) is 15.3. The molecule has 3 saturated heterocycles. The maximum atomic E-state index is 14.8. The van der Waals surface area contributed by atoms with Crippen molar-refractivity contribution < 1.29 is 72.0 Å². The maximum absolute atomic E-state index is 14.8. The SMILES string of the molecule is CC[C@H]1OC(=O)[C@H](C)[C@@H](C2C[C@@](C)(OC)[C@@H](O)[C@H](C)O2)[C@H](C)[C@@H](O[C@@H]2O[C@H](C)C[C@H](N(C)C)[C@H]2O)[C@](C)(O)C[C@@H](C)CN(C(=O)CCCCCCC[PH](c2ccc(F)cc2)(c2ccc(F)cc2)c2ccc(F)cc2)[C@H](C)[C@@H](O)[C@]1(C)O. The Labute approximate surface area is 480 Å². The van der Waals surface area contributed by atoms with Crippen molar-refractivity contribution in [2.45, 2.75) is 217 Å². The molecule has 0 saturated carbocycles. The Morgan fingerprint density at radius 1 is 0.765 bits per heavy atom. The van der Waals surface area contributed by atoms with Gasteiger partial charge in [0.15, 0.2) is 6.29 Å². The minimum Gasteiger partial charge on any atom is -0.383 e. The van der Waals surface area contributed by atoms with E-state index < -0.39 is 109 Å². The van der Waals surface area contributed by atoms with E-state index in [4.69, 9.17) is 23.7 Å². The van der Waals surface area contributed by atoms with Crippen molar-refractivity contribution in [3.05, 3.63) is 90.2 Å². The van der Waals surface area contributed by atoms with E-state index in [-0.39, 0.29) is 67.7 Å². The van der Waals surface area contributed by atoms with Crippen LogP contribution in [0.2, 0.25) is 0 Å². The summed E-state index contributed by atoms with van der Waals surface area (Å²) in [6, 6.07) is 17.8. The van der Waals surface area contributed by atoms with Crippen molar-refractivity contribution in [2.24, 2.45) is 23.7 Å². The van der Waals surface area contributed by atoms with Gasteiger partial charge >= 0.3 is 248 Å². The van der Waals surface area contributed by atoms with E-state index in [2.05, 4.69) is 0 Å². The average Bonchev–Trinajstić information content (AvgIpc) is 3.41. The number of likely N-dealkylation sites (N-methyl/N-ethyl adjacent to an activating group) is 1. The van der Waals surface area contributed by atoms with Crippen LogP contribution in [-0.4, -0.2) is 165 Å². The van der Waals surface area contributed by atoms with Gasteiger partial charge in [0, 0.05) is 25.5 Å². The molecular formula is C63H96F3N2O12P. The van der Waals surface area contributed by atoms with Crippen molar-refractivity contribution >= 4 is 35.1 Å². The number of ether oxygens (including phenoxy) is 5. The third-order valence-electron chi connectivity index (χ3n) is 18.5. The predicted molar refractivity (Wildman–Crippen MR) is 311 cm³/mol. The van der Waals surface area contributed by atoms with E-state index in [1.54, 1.807) is 82.8 Å². The van der Waals surface area contributed by atoms with Crippen molar-refractivity contribution in [2.75, 3.05) is 33.9 Å². The molecule has 3 fully saturated rings. The number of unbranched alkanes of at least 4 members (excludes halogenated alkanes) is 4. The summed E-state index contributed by atoms with van der Waals surface area (Å²) in [6.07, 6.45) is -4.14. The normalized spacial score (nSPS) is 36.1. The molecule has 14 nitrogen and oxygen atoms in total. The molecule has 0 aliphatic carbocycles. The second-order valence-corrected chi connectivity index (χ2v) is 29.1. The van der Waals surface area contributed by atoms with Crippen LogP contribution in [0.1, 0.15) is 133 Å². The first-order chi connectivity index (χ1) is 38.0. The van der Waals surface area contributed by atoms with E-state index in [0.29, 0.717) is 25.4 Å². The Hall–Kier alpha value is -3.58. The number of halogens is 3. The van der Waals surface area contributed by atoms with E-state index in [1.165, 1.54) is 50.4 Å². The molecule has 1 unspecified atom stereocenters. The molecule has 0 aromatic heterocycles. The summed E-state index contributed by atoms with van der Waals surface area (Å²) in [6.45, 7) is 17.4. The van der Waals surface area contributed by atoms with E-state index in [1.807, 2.05) is 39.8 Å². The van der Waals surface area contributed by atoms with Crippen LogP contribution in [0.3, 0.4) is 0 Å². The van der Waals surface area contributed by atoms with Gasteiger partial charge in [-0.1, -0.05) is 20.8 Å². The molecule has 6 rings (SSSR count). The number of carbonyl (C=O) groups excluding carboxylic acids is 2. The molecule has 0 bridgehead atoms. The van der Waals surface area contributed by atoms with Gasteiger partial charge in [0.05, 0.1) is 41.5 Å². The number of hydrogen-bond donors (Lipinski definition) is 5. The molecular weight excluding hydrogens is 1060 g/mol. The summed E-state index contributed by atoms with van der Waals surface area (Å²) >= 11 is 0. The van der Waals surface area contributed by atoms with Crippen LogP contribution >= 0.6 is 7.26 Å². The number of benzene rings is 3. The number of hydrogen-bond acceptors (Lipinski definition) is 13. The molecule has 3 aliphatic rings. The van der Waals surface area contributed by atoms with Crippen LogP contribution < -0.4 is 15.9 Å². The molecule has 0 spiro atoms. The van der Waals surface area contributed by atoms with Crippen LogP contribution in [0.25, 0.3) is 0 Å². The molecule has 18 heteroatoms. The summed E-state index contributed by atoms with van der Waals surface area (Å²) in [4.78, 5) is 33.0. The Balaban J connectivity index is 1.28. The van der Waals surface area contributed by atoms with Gasteiger partial charge in [0.1, 0.15) is 18.3 Å². The van der Waals surface area contributed by atoms with E-state index in [9.17, 15) is 48.3 Å². The first-order valence-electron chi connectivity index (χ1n) is 29.5. The van der Waals surface area contributed by atoms with Crippen molar-refractivity contribution in [3.63, 3.8) is 0 Å². The second kappa shape index (κ2) is 28.1. The molecule has 1 amide bonds. The van der Waals surface area contributed by atoms with Crippen LogP contribution in [0, 0.1) is 41.1 Å². The van der Waals surface area contributed by atoms with Gasteiger partial charge in [-0.05, 0) is 67.5 Å². The van der Waals surface area contributed by atoms with Crippen molar-refractivity contribution in [1.82, 2.24) is 9.80 Å². The molecule has 3 aromatic carbocycles. The van der Waals surface area contributed by atoms with Crippen LogP contribution in [0.4, 0.5) is 13.2 Å². The standard InChI is InChI=1S/C63H96F3N2O12P/c1-14-52-63(10,75)56(71)42(6)68(53(69)20-18-16-15-17-19-33-81(47-27-21-44(64)22-28-47,48-29-23-45(65)24-30-48)49-31-25-46(66)26-32-49)37-38(2)35-61(8,74)58(80-60-55(70)50(67(11)12)34-39(3)77-60)40(4)54(41(5)59(73)79-52)51-36-62(9,76-13)57(72)43(7)78-51/h21-32,38-43,50-52,54-58,60,70-72,74-75,81H,14-20,33-37H2,1-13H3/t38-,39-,40+,41-,42-,43+,50+,51?,52-,54+,55-,56-,57+,58-,60+,61-,62-,63-/m1/s1. The quantitative estimate of drug-likeness (QED) is 0.0507. The molecule has 3 aliphatic heterocycles. The van der Waals surface area contributed by atoms with Gasteiger partial charge < -0.3 is 49.0 Å². The first kappa shape index (κ1) is 66.6. The van der Waals surface area contributed by atoms with Gasteiger partial charge in [0.2, 0.25) is 0 Å². The number of carbonyl (C=O) groups is 2. The summed E-state index contributed by atoms with van der Waals surface area (Å²) in [5, 5.41) is 63.7. The van der Waals surface area contributed by atoms with Crippen molar-refractivity contribution in [1.29, 1.82) is 0 Å². The van der Waals surface area contributed by atoms with Crippen LogP contribution in [0.5, 0.6) is 0 Å². The number of amides is 1.